The summed E-state index contributed by atoms with van der Waals surface area (Å²) in [4.78, 5) is 27.7. The third kappa shape index (κ3) is 4.72. The standard InChI is InChI=1S/C28H30N2O4/c1-18-5-3-6-22(15-18)26-24-16-23(34-19(2)27(31)29-17-20-8-9-20)11-10-21(24)12-13-30(26)28(32)25-7-4-14-33-25/h3-7,10-11,14-16,19-20,26H,8-9,12-13,17H2,1-2H3,(H,29,31). The minimum Gasteiger partial charge on any atom is -0.481 e. The van der Waals surface area contributed by atoms with Crippen LogP contribution in [0, 0.1) is 12.8 Å². The van der Waals surface area contributed by atoms with Crippen LogP contribution in [-0.2, 0) is 11.2 Å². The number of carbonyl (C=O) groups excluding carboxylic acids is 2. The van der Waals surface area contributed by atoms with E-state index in [1.165, 1.54) is 24.7 Å². The molecule has 34 heavy (non-hydrogen) atoms. The summed E-state index contributed by atoms with van der Waals surface area (Å²) in [7, 11) is 0. The first-order valence-electron chi connectivity index (χ1n) is 12.0. The number of carbonyl (C=O) groups is 2. The Labute approximate surface area is 199 Å². The molecule has 1 aromatic heterocycles. The van der Waals surface area contributed by atoms with Crippen molar-refractivity contribution in [2.75, 3.05) is 13.1 Å². The Morgan fingerprint density at radius 1 is 1.15 bits per heavy atom. The molecule has 2 amide bonds. The summed E-state index contributed by atoms with van der Waals surface area (Å²) in [5, 5.41) is 2.98. The lowest BCUT2D eigenvalue weighted by atomic mass is 9.87. The Balaban J connectivity index is 1.45. The van der Waals surface area contributed by atoms with Crippen molar-refractivity contribution in [1.82, 2.24) is 10.2 Å². The molecule has 6 nitrogen and oxygen atoms in total. The molecule has 1 fully saturated rings. The lowest BCUT2D eigenvalue weighted by Crippen LogP contribution is -2.40. The van der Waals surface area contributed by atoms with Crippen LogP contribution in [0.3, 0.4) is 0 Å². The van der Waals surface area contributed by atoms with Gasteiger partial charge < -0.3 is 19.4 Å². The molecule has 0 saturated heterocycles. The molecule has 176 valence electrons. The molecule has 3 aromatic rings. The average molecular weight is 459 g/mol. The van der Waals surface area contributed by atoms with Gasteiger partial charge in [-0.2, -0.15) is 0 Å². The fourth-order valence-corrected chi connectivity index (χ4v) is 4.60. The molecule has 2 aromatic carbocycles. The smallest absolute Gasteiger partial charge is 0.290 e. The van der Waals surface area contributed by atoms with Gasteiger partial charge in [0.15, 0.2) is 11.9 Å². The maximum absolute atomic E-state index is 13.4. The topological polar surface area (TPSA) is 71.8 Å². The number of rotatable bonds is 7. The Hall–Kier alpha value is -3.54. The first kappa shape index (κ1) is 22.3. The van der Waals surface area contributed by atoms with Crippen LogP contribution in [0.25, 0.3) is 0 Å². The molecular weight excluding hydrogens is 428 g/mol. The highest BCUT2D eigenvalue weighted by Gasteiger charge is 2.34. The molecule has 5 rings (SSSR count). The third-order valence-corrected chi connectivity index (χ3v) is 6.64. The highest BCUT2D eigenvalue weighted by molar-refractivity contribution is 5.92. The number of benzene rings is 2. The van der Waals surface area contributed by atoms with Crippen molar-refractivity contribution >= 4 is 11.8 Å². The van der Waals surface area contributed by atoms with Gasteiger partial charge in [0.05, 0.1) is 12.3 Å². The van der Waals surface area contributed by atoms with E-state index in [-0.39, 0.29) is 17.9 Å². The number of amides is 2. The number of hydrogen-bond acceptors (Lipinski definition) is 4. The first-order chi connectivity index (χ1) is 16.5. The molecular formula is C28H30N2O4. The van der Waals surface area contributed by atoms with Gasteiger partial charge in [-0.3, -0.25) is 9.59 Å². The molecule has 2 atom stereocenters. The Morgan fingerprint density at radius 3 is 2.74 bits per heavy atom. The molecule has 1 N–H and O–H groups in total. The summed E-state index contributed by atoms with van der Waals surface area (Å²) >= 11 is 0. The summed E-state index contributed by atoms with van der Waals surface area (Å²) in [6, 6.07) is 17.3. The van der Waals surface area contributed by atoms with E-state index in [0.717, 1.165) is 29.7 Å². The van der Waals surface area contributed by atoms with Crippen LogP contribution in [0.1, 0.15) is 58.6 Å². The van der Waals surface area contributed by atoms with Crippen molar-refractivity contribution in [2.24, 2.45) is 5.92 Å². The SMILES string of the molecule is Cc1cccc(C2c3cc(OC(C)C(=O)NCC4CC4)ccc3CCN2C(=O)c2ccco2)c1. The number of aryl methyl sites for hydroxylation is 1. The zero-order chi connectivity index (χ0) is 23.7. The predicted octanol–water partition coefficient (Wildman–Crippen LogP) is 4.67. The van der Waals surface area contributed by atoms with E-state index < -0.39 is 6.10 Å². The third-order valence-electron chi connectivity index (χ3n) is 6.64. The number of nitrogens with zero attached hydrogens (tertiary/aromatic N) is 1. The average Bonchev–Trinajstić information content (AvgIpc) is 3.51. The van der Waals surface area contributed by atoms with E-state index in [1.807, 2.05) is 36.1 Å². The number of furan rings is 1. The highest BCUT2D eigenvalue weighted by atomic mass is 16.5. The Bertz CT molecular complexity index is 1180. The van der Waals surface area contributed by atoms with Crippen molar-refractivity contribution < 1.29 is 18.7 Å². The fourth-order valence-electron chi connectivity index (χ4n) is 4.60. The quantitative estimate of drug-likeness (QED) is 0.559. The van der Waals surface area contributed by atoms with Crippen LogP contribution in [-0.4, -0.2) is 35.9 Å². The van der Waals surface area contributed by atoms with Crippen LogP contribution in [0.15, 0.2) is 65.3 Å². The zero-order valence-electron chi connectivity index (χ0n) is 19.6. The van der Waals surface area contributed by atoms with Gasteiger partial charge in [0.25, 0.3) is 11.8 Å². The molecule has 1 aliphatic carbocycles. The van der Waals surface area contributed by atoms with Crippen molar-refractivity contribution in [1.29, 1.82) is 0 Å². The molecule has 2 unspecified atom stereocenters. The predicted molar refractivity (Wildman–Crippen MR) is 129 cm³/mol. The molecule has 0 spiro atoms. The van der Waals surface area contributed by atoms with Gasteiger partial charge in [-0.15, -0.1) is 0 Å². The van der Waals surface area contributed by atoms with Crippen LogP contribution in [0.2, 0.25) is 0 Å². The van der Waals surface area contributed by atoms with E-state index in [9.17, 15) is 9.59 Å². The van der Waals surface area contributed by atoms with Gasteiger partial charge in [-0.1, -0.05) is 35.9 Å². The second kappa shape index (κ2) is 9.37. The van der Waals surface area contributed by atoms with Crippen molar-refractivity contribution in [3.8, 4) is 5.75 Å². The second-order valence-corrected chi connectivity index (χ2v) is 9.35. The number of ether oxygens (including phenoxy) is 1. The molecule has 0 bridgehead atoms. The number of fused-ring (bicyclic) bond motifs is 1. The van der Waals surface area contributed by atoms with Gasteiger partial charge >= 0.3 is 0 Å². The van der Waals surface area contributed by atoms with Gasteiger partial charge in [0.1, 0.15) is 5.75 Å². The van der Waals surface area contributed by atoms with Crippen molar-refractivity contribution in [3.63, 3.8) is 0 Å². The summed E-state index contributed by atoms with van der Waals surface area (Å²) in [5.41, 5.74) is 4.35. The van der Waals surface area contributed by atoms with E-state index in [2.05, 4.69) is 23.5 Å². The van der Waals surface area contributed by atoms with Gasteiger partial charge in [0, 0.05) is 13.1 Å². The monoisotopic (exact) mass is 458 g/mol. The summed E-state index contributed by atoms with van der Waals surface area (Å²) in [6.45, 7) is 5.13. The van der Waals surface area contributed by atoms with Gasteiger partial charge in [0.2, 0.25) is 0 Å². The first-order valence-corrected chi connectivity index (χ1v) is 12.0. The Morgan fingerprint density at radius 2 is 2.00 bits per heavy atom. The Kier molecular flexibility index (Phi) is 6.14. The highest BCUT2D eigenvalue weighted by Crippen LogP contribution is 2.38. The lowest BCUT2D eigenvalue weighted by Gasteiger charge is -2.37. The molecule has 6 heteroatoms. The van der Waals surface area contributed by atoms with Gasteiger partial charge in [-0.05, 0) is 80.0 Å². The van der Waals surface area contributed by atoms with Crippen LogP contribution in [0.5, 0.6) is 5.75 Å². The second-order valence-electron chi connectivity index (χ2n) is 9.35. The van der Waals surface area contributed by atoms with Crippen molar-refractivity contribution in [2.45, 2.75) is 45.3 Å². The minimum absolute atomic E-state index is 0.102. The van der Waals surface area contributed by atoms with Crippen molar-refractivity contribution in [3.05, 3.63) is 88.9 Å². The van der Waals surface area contributed by atoms with Crippen LogP contribution in [0.4, 0.5) is 0 Å². The van der Waals surface area contributed by atoms with E-state index in [1.54, 1.807) is 19.1 Å². The van der Waals surface area contributed by atoms with Crippen LogP contribution < -0.4 is 10.1 Å². The molecule has 2 aliphatic rings. The summed E-state index contributed by atoms with van der Waals surface area (Å²) in [6.07, 6.45) is 4.04. The minimum atomic E-state index is -0.598. The maximum Gasteiger partial charge on any atom is 0.290 e. The molecule has 1 saturated carbocycles. The van der Waals surface area contributed by atoms with Gasteiger partial charge in [-0.25, -0.2) is 0 Å². The summed E-state index contributed by atoms with van der Waals surface area (Å²) < 4.78 is 11.5. The normalized spacial score (nSPS) is 18.2. The van der Waals surface area contributed by atoms with Crippen LogP contribution >= 0.6 is 0 Å². The van der Waals surface area contributed by atoms with E-state index in [0.29, 0.717) is 24.0 Å². The maximum atomic E-state index is 13.4. The van der Waals surface area contributed by atoms with E-state index >= 15 is 0 Å². The molecule has 0 radical (unpaired) electrons. The lowest BCUT2D eigenvalue weighted by molar-refractivity contribution is -0.127. The molecule has 1 aliphatic heterocycles. The van der Waals surface area contributed by atoms with E-state index in [4.69, 9.17) is 9.15 Å². The summed E-state index contributed by atoms with van der Waals surface area (Å²) in [5.74, 6) is 1.33. The fraction of sp³-hybridized carbons (Fsp3) is 0.357. The number of hydrogen-bond donors (Lipinski definition) is 1. The zero-order valence-corrected chi connectivity index (χ0v) is 19.6. The largest absolute Gasteiger partial charge is 0.481 e. The number of nitrogens with one attached hydrogen (secondary N) is 1. The molecule has 2 heterocycles.